The van der Waals surface area contributed by atoms with Crippen molar-refractivity contribution in [3.63, 3.8) is 0 Å². The predicted molar refractivity (Wildman–Crippen MR) is 70.9 cm³/mol. The topological polar surface area (TPSA) is 26.3 Å². The van der Waals surface area contributed by atoms with Gasteiger partial charge in [0.15, 0.2) is 0 Å². The average molecular weight is 236 g/mol. The van der Waals surface area contributed by atoms with E-state index in [2.05, 4.69) is 13.2 Å². The van der Waals surface area contributed by atoms with E-state index in [1.807, 2.05) is 33.8 Å². The zero-order valence-corrected chi connectivity index (χ0v) is 11.5. The number of hydrogen-bond donors (Lipinski definition) is 0. The van der Waals surface area contributed by atoms with Crippen LogP contribution in [0, 0.1) is 11.3 Å². The summed E-state index contributed by atoms with van der Waals surface area (Å²) < 4.78 is 5.95. The third kappa shape index (κ3) is 2.86. The molecular weight excluding hydrogens is 212 g/mol. The lowest BCUT2D eigenvalue weighted by Crippen LogP contribution is -2.36. The molecule has 0 radical (unpaired) electrons. The number of ketones is 1. The van der Waals surface area contributed by atoms with Gasteiger partial charge in [0.05, 0.1) is 11.7 Å². The smallest absolute Gasteiger partial charge is 0.147 e. The highest BCUT2D eigenvalue weighted by atomic mass is 16.5. The maximum atomic E-state index is 12.3. The zero-order valence-electron chi connectivity index (χ0n) is 11.5. The van der Waals surface area contributed by atoms with E-state index in [1.165, 1.54) is 0 Å². The molecule has 0 saturated carbocycles. The Bertz CT molecular complexity index is 330. The Labute approximate surface area is 105 Å². The molecule has 2 heteroatoms. The fourth-order valence-electron chi connectivity index (χ4n) is 2.25. The summed E-state index contributed by atoms with van der Waals surface area (Å²) in [6, 6.07) is 0. The standard InChI is InChI=1S/C15H24O2/c1-7-14(4,5)13(16)11(3)12-9-10-15(6,8-2)17-12/h7-8,11-12H,1-2,9-10H2,3-6H3/t11-,12-,15-/m0/s1. The van der Waals surface area contributed by atoms with Crippen LogP contribution in [0.1, 0.15) is 40.5 Å². The van der Waals surface area contributed by atoms with E-state index in [4.69, 9.17) is 4.74 Å². The Morgan fingerprint density at radius 2 is 2.12 bits per heavy atom. The Kier molecular flexibility index (Phi) is 3.98. The van der Waals surface area contributed by atoms with E-state index in [9.17, 15) is 4.79 Å². The number of Topliss-reactive ketones (excluding diaryl/α,β-unsaturated/α-hetero) is 1. The molecule has 1 aliphatic heterocycles. The first-order valence-electron chi connectivity index (χ1n) is 6.25. The van der Waals surface area contributed by atoms with Gasteiger partial charge in [0.1, 0.15) is 5.78 Å². The van der Waals surface area contributed by atoms with Crippen LogP contribution in [0.5, 0.6) is 0 Å². The lowest BCUT2D eigenvalue weighted by Gasteiger charge is -2.28. The first-order valence-corrected chi connectivity index (χ1v) is 6.25. The maximum absolute atomic E-state index is 12.3. The molecule has 0 unspecified atom stereocenters. The van der Waals surface area contributed by atoms with Gasteiger partial charge in [-0.15, -0.1) is 13.2 Å². The summed E-state index contributed by atoms with van der Waals surface area (Å²) in [6.07, 6.45) is 5.41. The number of hydrogen-bond acceptors (Lipinski definition) is 2. The van der Waals surface area contributed by atoms with Crippen molar-refractivity contribution < 1.29 is 9.53 Å². The second kappa shape index (κ2) is 4.77. The third-order valence-corrected chi connectivity index (χ3v) is 3.89. The molecule has 1 saturated heterocycles. The van der Waals surface area contributed by atoms with Gasteiger partial charge in [-0.2, -0.15) is 0 Å². The van der Waals surface area contributed by atoms with Gasteiger partial charge in [-0.1, -0.05) is 19.1 Å². The Hall–Kier alpha value is -0.890. The number of ether oxygens (including phenoxy) is 1. The largest absolute Gasteiger partial charge is 0.367 e. The van der Waals surface area contributed by atoms with E-state index in [0.29, 0.717) is 0 Å². The van der Waals surface area contributed by atoms with Gasteiger partial charge in [-0.3, -0.25) is 4.79 Å². The quantitative estimate of drug-likeness (QED) is 0.683. The van der Waals surface area contributed by atoms with Crippen molar-refractivity contribution in [2.24, 2.45) is 11.3 Å². The van der Waals surface area contributed by atoms with Gasteiger partial charge in [0, 0.05) is 11.3 Å². The van der Waals surface area contributed by atoms with Crippen molar-refractivity contribution >= 4 is 5.78 Å². The summed E-state index contributed by atoms with van der Waals surface area (Å²) >= 11 is 0. The van der Waals surface area contributed by atoms with Crippen LogP contribution in [-0.2, 0) is 9.53 Å². The molecule has 1 fully saturated rings. The Morgan fingerprint density at radius 1 is 1.53 bits per heavy atom. The lowest BCUT2D eigenvalue weighted by atomic mass is 9.79. The van der Waals surface area contributed by atoms with Gasteiger partial charge in [0.2, 0.25) is 0 Å². The molecule has 17 heavy (non-hydrogen) atoms. The van der Waals surface area contributed by atoms with E-state index in [1.54, 1.807) is 6.08 Å². The highest BCUT2D eigenvalue weighted by Gasteiger charge is 2.41. The first kappa shape index (κ1) is 14.2. The molecule has 0 amide bonds. The van der Waals surface area contributed by atoms with Gasteiger partial charge < -0.3 is 4.74 Å². The van der Waals surface area contributed by atoms with Crippen molar-refractivity contribution in [3.05, 3.63) is 25.3 Å². The van der Waals surface area contributed by atoms with Crippen molar-refractivity contribution in [2.75, 3.05) is 0 Å². The Morgan fingerprint density at radius 3 is 2.53 bits per heavy atom. The molecule has 0 bridgehead atoms. The lowest BCUT2D eigenvalue weighted by molar-refractivity contribution is -0.134. The van der Waals surface area contributed by atoms with E-state index in [0.717, 1.165) is 12.8 Å². The monoisotopic (exact) mass is 236 g/mol. The van der Waals surface area contributed by atoms with Crippen LogP contribution in [0.15, 0.2) is 25.3 Å². The maximum Gasteiger partial charge on any atom is 0.147 e. The molecule has 1 rings (SSSR count). The molecule has 1 aliphatic rings. The molecular formula is C15H24O2. The average Bonchev–Trinajstić information content (AvgIpc) is 2.70. The zero-order chi connectivity index (χ0) is 13.3. The van der Waals surface area contributed by atoms with Crippen molar-refractivity contribution in [1.82, 2.24) is 0 Å². The van der Waals surface area contributed by atoms with Gasteiger partial charge >= 0.3 is 0 Å². The van der Waals surface area contributed by atoms with Crippen LogP contribution in [-0.4, -0.2) is 17.5 Å². The van der Waals surface area contributed by atoms with E-state index >= 15 is 0 Å². The molecule has 3 atom stereocenters. The van der Waals surface area contributed by atoms with E-state index < -0.39 is 5.41 Å². The van der Waals surface area contributed by atoms with Crippen LogP contribution in [0.2, 0.25) is 0 Å². The molecule has 0 aromatic rings. The Balaban J connectivity index is 2.73. The van der Waals surface area contributed by atoms with Gasteiger partial charge in [-0.05, 0) is 33.6 Å². The summed E-state index contributed by atoms with van der Waals surface area (Å²) in [7, 11) is 0. The second-order valence-corrected chi connectivity index (χ2v) is 5.79. The van der Waals surface area contributed by atoms with Crippen LogP contribution in [0.4, 0.5) is 0 Å². The van der Waals surface area contributed by atoms with Crippen LogP contribution >= 0.6 is 0 Å². The molecule has 2 nitrogen and oxygen atoms in total. The summed E-state index contributed by atoms with van der Waals surface area (Å²) in [5, 5.41) is 0. The van der Waals surface area contributed by atoms with Gasteiger partial charge in [0.25, 0.3) is 0 Å². The molecule has 1 heterocycles. The van der Waals surface area contributed by atoms with Crippen LogP contribution in [0.25, 0.3) is 0 Å². The molecule has 96 valence electrons. The number of allylic oxidation sites excluding steroid dienone is 1. The molecule has 0 aromatic heterocycles. The second-order valence-electron chi connectivity index (χ2n) is 5.79. The highest BCUT2D eigenvalue weighted by molar-refractivity contribution is 5.88. The van der Waals surface area contributed by atoms with E-state index in [-0.39, 0.29) is 23.4 Å². The molecule has 0 N–H and O–H groups in total. The summed E-state index contributed by atoms with van der Waals surface area (Å²) in [4.78, 5) is 12.3. The minimum atomic E-state index is -0.476. The fourth-order valence-corrected chi connectivity index (χ4v) is 2.25. The van der Waals surface area contributed by atoms with Crippen molar-refractivity contribution in [1.29, 1.82) is 0 Å². The first-order chi connectivity index (χ1) is 7.75. The highest BCUT2D eigenvalue weighted by Crippen LogP contribution is 2.36. The fraction of sp³-hybridized carbons (Fsp3) is 0.667. The summed E-state index contributed by atoms with van der Waals surface area (Å²) in [5.41, 5.74) is -0.743. The number of carbonyl (C=O) groups excluding carboxylic acids is 1. The summed E-state index contributed by atoms with van der Waals surface area (Å²) in [5.74, 6) is 0.107. The minimum absolute atomic E-state index is 0.00437. The normalized spacial score (nSPS) is 30.9. The number of rotatable bonds is 5. The predicted octanol–water partition coefficient (Wildman–Crippen LogP) is 3.53. The summed E-state index contributed by atoms with van der Waals surface area (Å²) in [6.45, 7) is 15.3. The van der Waals surface area contributed by atoms with Crippen LogP contribution < -0.4 is 0 Å². The SMILES string of the molecule is C=CC(C)(C)C(=O)[C@@H](C)[C@@H]1CC[C@](C)(C=C)O1. The third-order valence-electron chi connectivity index (χ3n) is 3.89. The van der Waals surface area contributed by atoms with Crippen molar-refractivity contribution in [2.45, 2.75) is 52.2 Å². The molecule has 0 spiro atoms. The molecule has 0 aliphatic carbocycles. The van der Waals surface area contributed by atoms with Gasteiger partial charge in [-0.25, -0.2) is 0 Å². The van der Waals surface area contributed by atoms with Crippen LogP contribution in [0.3, 0.4) is 0 Å². The molecule has 0 aromatic carbocycles. The van der Waals surface area contributed by atoms with Crippen molar-refractivity contribution in [3.8, 4) is 0 Å². The number of carbonyl (C=O) groups is 1. The minimum Gasteiger partial charge on any atom is -0.367 e.